The molecule has 0 aliphatic heterocycles. The van der Waals surface area contributed by atoms with E-state index in [0.717, 1.165) is 6.42 Å². The van der Waals surface area contributed by atoms with Gasteiger partial charge in [0, 0.05) is 12.6 Å². The molecule has 18 heavy (non-hydrogen) atoms. The number of hydrogen-bond donors (Lipinski definition) is 2. The van der Waals surface area contributed by atoms with E-state index in [9.17, 15) is 8.42 Å². The smallest absolute Gasteiger partial charge is 0.240 e. The monoisotopic (exact) mass is 272 g/mol. The van der Waals surface area contributed by atoms with Gasteiger partial charge >= 0.3 is 0 Å². The van der Waals surface area contributed by atoms with E-state index in [1.54, 1.807) is 0 Å². The lowest BCUT2D eigenvalue weighted by Crippen LogP contribution is -2.28. The molecule has 0 saturated heterocycles. The van der Waals surface area contributed by atoms with Crippen LogP contribution < -0.4 is 15.2 Å². The van der Waals surface area contributed by atoms with Gasteiger partial charge in [-0.1, -0.05) is 20.3 Å². The maximum Gasteiger partial charge on any atom is 0.240 e. The second-order valence-corrected chi connectivity index (χ2v) is 6.04. The summed E-state index contributed by atoms with van der Waals surface area (Å²) in [6.45, 7) is 4.43. The van der Waals surface area contributed by atoms with Gasteiger partial charge in [-0.2, -0.15) is 0 Å². The third kappa shape index (κ3) is 3.61. The third-order valence-corrected chi connectivity index (χ3v) is 4.26. The van der Waals surface area contributed by atoms with Gasteiger partial charge in [0.05, 0.1) is 17.7 Å². The van der Waals surface area contributed by atoms with E-state index in [4.69, 9.17) is 10.5 Å². The lowest BCUT2D eigenvalue weighted by Gasteiger charge is -2.12. The average molecular weight is 272 g/mol. The van der Waals surface area contributed by atoms with Gasteiger partial charge in [-0.05, 0) is 18.1 Å². The number of benzene rings is 1. The lowest BCUT2D eigenvalue weighted by molar-refractivity contribution is 0.415. The largest absolute Gasteiger partial charge is 0.495 e. The zero-order chi connectivity index (χ0) is 13.8. The van der Waals surface area contributed by atoms with Gasteiger partial charge in [-0.15, -0.1) is 0 Å². The molecule has 0 saturated carbocycles. The Morgan fingerprint density at radius 2 is 2.11 bits per heavy atom. The van der Waals surface area contributed by atoms with E-state index in [2.05, 4.69) is 4.72 Å². The number of hydrogen-bond acceptors (Lipinski definition) is 4. The number of nitrogens with one attached hydrogen (secondary N) is 1. The topological polar surface area (TPSA) is 81.4 Å². The normalized spacial score (nSPS) is 13.3. The van der Waals surface area contributed by atoms with Gasteiger partial charge in [0.2, 0.25) is 10.0 Å². The number of sulfonamides is 1. The van der Waals surface area contributed by atoms with E-state index in [1.165, 1.54) is 25.3 Å². The van der Waals surface area contributed by atoms with Gasteiger partial charge in [0.1, 0.15) is 5.75 Å². The molecule has 0 amide bonds. The Balaban J connectivity index is 2.91. The summed E-state index contributed by atoms with van der Waals surface area (Å²) in [5, 5.41) is 0. The highest BCUT2D eigenvalue weighted by Crippen LogP contribution is 2.24. The van der Waals surface area contributed by atoms with Gasteiger partial charge in [-0.25, -0.2) is 13.1 Å². The lowest BCUT2D eigenvalue weighted by atomic mass is 10.1. The number of nitrogen functional groups attached to an aromatic ring is 1. The van der Waals surface area contributed by atoms with Crippen molar-refractivity contribution in [2.75, 3.05) is 19.4 Å². The maximum atomic E-state index is 12.0. The summed E-state index contributed by atoms with van der Waals surface area (Å²) in [6.07, 6.45) is 0.924. The van der Waals surface area contributed by atoms with E-state index >= 15 is 0 Å². The first-order chi connectivity index (χ1) is 8.40. The fourth-order valence-electron chi connectivity index (χ4n) is 1.34. The maximum absolute atomic E-state index is 12.0. The third-order valence-electron chi connectivity index (χ3n) is 2.83. The predicted molar refractivity (Wildman–Crippen MR) is 72.0 cm³/mol. The number of nitrogens with two attached hydrogens (primary N) is 1. The van der Waals surface area contributed by atoms with Crippen molar-refractivity contribution in [2.45, 2.75) is 25.2 Å². The van der Waals surface area contributed by atoms with Crippen LogP contribution in [0.15, 0.2) is 23.1 Å². The zero-order valence-electron chi connectivity index (χ0n) is 10.9. The minimum Gasteiger partial charge on any atom is -0.495 e. The van der Waals surface area contributed by atoms with Crippen LogP contribution in [0.2, 0.25) is 0 Å². The first kappa shape index (κ1) is 14.8. The standard InChI is InChI=1S/C12H20N2O3S/c1-4-9(2)8-14-18(15,16)10-5-6-11(13)12(7-10)17-3/h5-7,9,14H,4,8,13H2,1-3H3. The van der Waals surface area contributed by atoms with Crippen LogP contribution in [0, 0.1) is 5.92 Å². The predicted octanol–water partition coefficient (Wildman–Crippen LogP) is 1.60. The second kappa shape index (κ2) is 6.06. The first-order valence-electron chi connectivity index (χ1n) is 5.84. The molecule has 0 bridgehead atoms. The molecule has 0 fully saturated rings. The van der Waals surface area contributed by atoms with Crippen molar-refractivity contribution in [3.05, 3.63) is 18.2 Å². The van der Waals surface area contributed by atoms with Gasteiger partial charge in [0.25, 0.3) is 0 Å². The van der Waals surface area contributed by atoms with Crippen molar-refractivity contribution in [1.29, 1.82) is 0 Å². The van der Waals surface area contributed by atoms with Crippen LogP contribution in [0.4, 0.5) is 5.69 Å². The molecule has 1 unspecified atom stereocenters. The molecule has 0 aromatic heterocycles. The summed E-state index contributed by atoms with van der Waals surface area (Å²) in [6, 6.07) is 4.42. The molecular formula is C12H20N2O3S. The second-order valence-electron chi connectivity index (χ2n) is 4.27. The van der Waals surface area contributed by atoms with Crippen molar-refractivity contribution in [3.8, 4) is 5.75 Å². The average Bonchev–Trinajstić information content (AvgIpc) is 2.36. The van der Waals surface area contributed by atoms with Gasteiger partial charge < -0.3 is 10.5 Å². The van der Waals surface area contributed by atoms with Crippen molar-refractivity contribution in [1.82, 2.24) is 4.72 Å². The minimum absolute atomic E-state index is 0.164. The highest BCUT2D eigenvalue weighted by molar-refractivity contribution is 7.89. The number of ether oxygens (including phenoxy) is 1. The summed E-state index contributed by atoms with van der Waals surface area (Å²) in [5.41, 5.74) is 6.06. The number of anilines is 1. The van der Waals surface area contributed by atoms with Crippen molar-refractivity contribution in [3.63, 3.8) is 0 Å². The Morgan fingerprint density at radius 1 is 1.44 bits per heavy atom. The summed E-state index contributed by atoms with van der Waals surface area (Å²) in [7, 11) is -2.05. The van der Waals surface area contributed by atoms with Gasteiger partial charge in [-0.3, -0.25) is 0 Å². The molecule has 0 heterocycles. The summed E-state index contributed by atoms with van der Waals surface area (Å²) in [4.78, 5) is 0.164. The van der Waals surface area contributed by atoms with Crippen LogP contribution >= 0.6 is 0 Å². The highest BCUT2D eigenvalue weighted by atomic mass is 32.2. The molecular weight excluding hydrogens is 252 g/mol. The Kier molecular flexibility index (Phi) is 4.98. The fourth-order valence-corrected chi connectivity index (χ4v) is 2.52. The fraction of sp³-hybridized carbons (Fsp3) is 0.500. The molecule has 1 rings (SSSR count). The molecule has 5 nitrogen and oxygen atoms in total. The molecule has 1 atom stereocenters. The van der Waals surface area contributed by atoms with Gasteiger partial charge in [0.15, 0.2) is 0 Å². The Morgan fingerprint density at radius 3 is 2.67 bits per heavy atom. The Bertz CT molecular complexity index is 500. The molecule has 0 aliphatic carbocycles. The van der Waals surface area contributed by atoms with Crippen molar-refractivity contribution in [2.24, 2.45) is 5.92 Å². The van der Waals surface area contributed by atoms with Crippen LogP contribution in [0.1, 0.15) is 20.3 Å². The molecule has 1 aromatic rings. The SMILES string of the molecule is CCC(C)CNS(=O)(=O)c1ccc(N)c(OC)c1. The Hall–Kier alpha value is -1.27. The first-order valence-corrected chi connectivity index (χ1v) is 7.32. The van der Waals surface area contributed by atoms with Crippen LogP contribution in [0.5, 0.6) is 5.75 Å². The summed E-state index contributed by atoms with van der Waals surface area (Å²) in [5.74, 6) is 0.664. The summed E-state index contributed by atoms with van der Waals surface area (Å²) < 4.78 is 31.6. The van der Waals surface area contributed by atoms with Crippen LogP contribution in [-0.4, -0.2) is 22.1 Å². The molecule has 0 radical (unpaired) electrons. The quantitative estimate of drug-likeness (QED) is 0.771. The molecule has 3 N–H and O–H groups in total. The van der Waals surface area contributed by atoms with Crippen molar-refractivity contribution < 1.29 is 13.2 Å². The number of rotatable bonds is 6. The van der Waals surface area contributed by atoms with E-state index in [-0.39, 0.29) is 4.90 Å². The number of methoxy groups -OCH3 is 1. The molecule has 0 aliphatic rings. The van der Waals surface area contributed by atoms with Crippen LogP contribution in [-0.2, 0) is 10.0 Å². The van der Waals surface area contributed by atoms with E-state index in [1.807, 2.05) is 13.8 Å². The Labute approximate surface area is 108 Å². The van der Waals surface area contributed by atoms with Crippen LogP contribution in [0.25, 0.3) is 0 Å². The summed E-state index contributed by atoms with van der Waals surface area (Å²) >= 11 is 0. The minimum atomic E-state index is -3.50. The van der Waals surface area contributed by atoms with E-state index < -0.39 is 10.0 Å². The zero-order valence-corrected chi connectivity index (χ0v) is 11.8. The van der Waals surface area contributed by atoms with Crippen molar-refractivity contribution >= 4 is 15.7 Å². The molecule has 102 valence electrons. The molecule has 6 heteroatoms. The molecule has 1 aromatic carbocycles. The molecule has 0 spiro atoms. The highest BCUT2D eigenvalue weighted by Gasteiger charge is 2.16. The van der Waals surface area contributed by atoms with Crippen LogP contribution in [0.3, 0.4) is 0 Å². The van der Waals surface area contributed by atoms with E-state index in [0.29, 0.717) is 23.9 Å².